The summed E-state index contributed by atoms with van der Waals surface area (Å²) in [5.74, 6) is 0.486. The minimum atomic E-state index is -4.96. The average Bonchev–Trinajstić information content (AvgIpc) is 3.61. The molecular formula is C22H22ClN10O6P. The van der Waals surface area contributed by atoms with E-state index < -0.39 is 26.1 Å². The Morgan fingerprint density at radius 2 is 2.00 bits per heavy atom. The molecule has 16 nitrogen and oxygen atoms in total. The van der Waals surface area contributed by atoms with E-state index in [0.717, 1.165) is 12.8 Å². The lowest BCUT2D eigenvalue weighted by molar-refractivity contribution is 0.0903. The third kappa shape index (κ3) is 6.02. The lowest BCUT2D eigenvalue weighted by Gasteiger charge is -2.39. The Morgan fingerprint density at radius 3 is 2.65 bits per heavy atom. The molecule has 0 radical (unpaired) electrons. The fraction of sp³-hybridized carbons (Fsp3) is 0.364. The van der Waals surface area contributed by atoms with E-state index in [2.05, 4.69) is 37.1 Å². The lowest BCUT2D eigenvalue weighted by atomic mass is 10.0. The molecule has 3 aromatic rings. The zero-order valence-electron chi connectivity index (χ0n) is 20.5. The summed E-state index contributed by atoms with van der Waals surface area (Å²) < 4.78 is 17.8. The lowest BCUT2D eigenvalue weighted by Crippen LogP contribution is -2.54. The molecule has 2 atom stereocenters. The predicted octanol–water partition coefficient (Wildman–Crippen LogP) is 2.16. The summed E-state index contributed by atoms with van der Waals surface area (Å²) >= 11 is 6.75. The van der Waals surface area contributed by atoms with Gasteiger partial charge in [0.05, 0.1) is 40.3 Å². The summed E-state index contributed by atoms with van der Waals surface area (Å²) in [5.41, 5.74) is 1.36. The Morgan fingerprint density at radius 1 is 1.23 bits per heavy atom. The minimum absolute atomic E-state index is 0.0696. The monoisotopic (exact) mass is 588 g/mol. The maximum Gasteiger partial charge on any atom is 0.469 e. The van der Waals surface area contributed by atoms with Gasteiger partial charge in [-0.2, -0.15) is 20.0 Å². The van der Waals surface area contributed by atoms with Gasteiger partial charge in [-0.3, -0.25) is 4.52 Å². The van der Waals surface area contributed by atoms with Gasteiger partial charge in [0.2, 0.25) is 5.95 Å². The number of piperidine rings is 1. The van der Waals surface area contributed by atoms with E-state index in [1.807, 2.05) is 6.07 Å². The van der Waals surface area contributed by atoms with Crippen LogP contribution in [0.15, 0.2) is 18.3 Å². The highest BCUT2D eigenvalue weighted by atomic mass is 35.5. The Kier molecular flexibility index (Phi) is 7.37. The predicted molar refractivity (Wildman–Crippen MR) is 140 cm³/mol. The molecule has 5 rings (SSSR count). The second-order valence-corrected chi connectivity index (χ2v) is 10.8. The van der Waals surface area contributed by atoms with Gasteiger partial charge >= 0.3 is 13.9 Å². The SMILES string of the molecule is N#Cc1cc(Nc2nc(NC3CC3)c3ncc(C#N)n3n2)c(Cl)c(N2CC[C@H](NC(=O)O)[C@H](OP(=O)(O)O)C2)c1. The molecule has 2 aromatic heterocycles. The average molecular weight is 589 g/mol. The van der Waals surface area contributed by atoms with Crippen molar-refractivity contribution in [3.05, 3.63) is 34.6 Å². The van der Waals surface area contributed by atoms with Gasteiger partial charge in [-0.15, -0.1) is 5.10 Å². The van der Waals surface area contributed by atoms with Gasteiger partial charge in [-0.25, -0.2) is 14.3 Å². The van der Waals surface area contributed by atoms with Crippen LogP contribution in [0.3, 0.4) is 0 Å². The number of nitrogens with zero attached hydrogens (tertiary/aromatic N) is 7. The maximum absolute atomic E-state index is 11.6. The molecule has 40 heavy (non-hydrogen) atoms. The van der Waals surface area contributed by atoms with Gasteiger partial charge in [0, 0.05) is 19.1 Å². The van der Waals surface area contributed by atoms with Crippen LogP contribution >= 0.6 is 19.4 Å². The molecule has 1 saturated heterocycles. The zero-order chi connectivity index (χ0) is 28.6. The Balaban J connectivity index is 1.49. The fourth-order valence-electron chi connectivity index (χ4n) is 4.39. The largest absolute Gasteiger partial charge is 0.469 e. The van der Waals surface area contributed by atoms with Crippen molar-refractivity contribution in [2.24, 2.45) is 0 Å². The summed E-state index contributed by atoms with van der Waals surface area (Å²) in [7, 11) is -4.96. The first-order valence-corrected chi connectivity index (χ1v) is 13.9. The third-order valence-corrected chi connectivity index (χ3v) is 7.25. The summed E-state index contributed by atoms with van der Waals surface area (Å²) in [6.07, 6.45) is 0.882. The molecule has 18 heteroatoms. The van der Waals surface area contributed by atoms with Crippen LogP contribution in [0.5, 0.6) is 0 Å². The number of imidazole rings is 1. The fourth-order valence-corrected chi connectivity index (χ4v) is 5.23. The number of aromatic nitrogens is 4. The van der Waals surface area contributed by atoms with Gasteiger partial charge in [0.15, 0.2) is 17.2 Å². The van der Waals surface area contributed by atoms with E-state index in [4.69, 9.17) is 21.2 Å². The van der Waals surface area contributed by atoms with Gasteiger partial charge in [0.25, 0.3) is 0 Å². The van der Waals surface area contributed by atoms with Crippen LogP contribution < -0.4 is 20.9 Å². The van der Waals surface area contributed by atoms with E-state index in [1.165, 1.54) is 22.8 Å². The molecule has 3 heterocycles. The number of nitrogens with one attached hydrogen (secondary N) is 3. The van der Waals surface area contributed by atoms with Gasteiger partial charge < -0.3 is 35.7 Å². The van der Waals surface area contributed by atoms with Crippen LogP contribution in [0.2, 0.25) is 5.02 Å². The number of nitriles is 2. The van der Waals surface area contributed by atoms with Crippen molar-refractivity contribution in [1.82, 2.24) is 24.9 Å². The number of amides is 1. The van der Waals surface area contributed by atoms with Crippen LogP contribution in [0.1, 0.15) is 30.5 Å². The van der Waals surface area contributed by atoms with E-state index >= 15 is 0 Å². The highest BCUT2D eigenvalue weighted by molar-refractivity contribution is 7.46. The van der Waals surface area contributed by atoms with E-state index in [-0.39, 0.29) is 53.5 Å². The number of fused-ring (bicyclic) bond motifs is 1. The summed E-state index contributed by atoms with van der Waals surface area (Å²) in [5, 5.41) is 41.3. The molecule has 1 amide bonds. The number of benzene rings is 1. The number of rotatable bonds is 8. The van der Waals surface area contributed by atoms with Gasteiger partial charge in [0.1, 0.15) is 12.2 Å². The Labute approximate surface area is 231 Å². The maximum atomic E-state index is 11.6. The first-order chi connectivity index (χ1) is 19.0. The van der Waals surface area contributed by atoms with Crippen molar-refractivity contribution >= 4 is 54.3 Å². The van der Waals surface area contributed by atoms with Crippen LogP contribution in [0, 0.1) is 22.7 Å². The molecule has 1 aliphatic carbocycles. The second kappa shape index (κ2) is 10.8. The molecule has 1 aromatic carbocycles. The van der Waals surface area contributed by atoms with Gasteiger partial charge in [-0.05, 0) is 31.4 Å². The summed E-state index contributed by atoms with van der Waals surface area (Å²) in [4.78, 5) is 40.3. The van der Waals surface area contributed by atoms with Crippen molar-refractivity contribution in [3.63, 3.8) is 0 Å². The standard InChI is InChI=1S/C22H22ClN10O6P/c23-18-15(28-21-30-19(27-12-1-2-12)20-26-9-13(8-25)33(20)31-21)5-11(7-24)6-16(18)32-4-3-14(29-22(34)35)17(10-32)39-40(36,37)38/h5-6,9,12,14,17,29H,1-4,10H2,(H,34,35)(H2,36,37,38)(H2,27,28,30,31)/t14-,17+/m0/s1. The molecule has 0 bridgehead atoms. The number of hydrogen-bond donors (Lipinski definition) is 6. The molecular weight excluding hydrogens is 567 g/mol. The van der Waals surface area contributed by atoms with Crippen molar-refractivity contribution in [1.29, 1.82) is 10.5 Å². The Bertz CT molecular complexity index is 1610. The molecule has 208 valence electrons. The van der Waals surface area contributed by atoms with Crippen molar-refractivity contribution < 1.29 is 28.8 Å². The molecule has 1 aliphatic heterocycles. The second-order valence-electron chi connectivity index (χ2n) is 9.21. The smallest absolute Gasteiger partial charge is 0.465 e. The normalized spacial score (nSPS) is 19.1. The molecule has 0 spiro atoms. The van der Waals surface area contributed by atoms with Crippen LogP contribution in [0.4, 0.5) is 27.9 Å². The Hall–Kier alpha value is -4.18. The van der Waals surface area contributed by atoms with E-state index in [9.17, 15) is 29.7 Å². The topological polar surface area (TPSA) is 234 Å². The zero-order valence-corrected chi connectivity index (χ0v) is 22.2. The number of phosphoric ester groups is 1. The molecule has 2 fully saturated rings. The van der Waals surface area contributed by atoms with E-state index in [1.54, 1.807) is 4.90 Å². The van der Waals surface area contributed by atoms with E-state index in [0.29, 0.717) is 17.2 Å². The quantitative estimate of drug-likeness (QED) is 0.207. The molecule has 1 saturated carbocycles. The molecule has 0 unspecified atom stereocenters. The van der Waals surface area contributed by atoms with Crippen molar-refractivity contribution in [3.8, 4) is 12.1 Å². The van der Waals surface area contributed by atoms with Crippen LogP contribution in [-0.4, -0.2) is 71.8 Å². The minimum Gasteiger partial charge on any atom is -0.465 e. The van der Waals surface area contributed by atoms with Crippen molar-refractivity contribution in [2.75, 3.05) is 28.6 Å². The number of hydrogen-bond acceptors (Lipinski definition) is 11. The van der Waals surface area contributed by atoms with Crippen LogP contribution in [-0.2, 0) is 9.09 Å². The number of carbonyl (C=O) groups is 1. The highest BCUT2D eigenvalue weighted by Gasteiger charge is 2.36. The van der Waals surface area contributed by atoms with Crippen LogP contribution in [0.25, 0.3) is 5.65 Å². The molecule has 2 aliphatic rings. The highest BCUT2D eigenvalue weighted by Crippen LogP contribution is 2.42. The summed E-state index contributed by atoms with van der Waals surface area (Å²) in [6.45, 7) is 0.0983. The first kappa shape index (κ1) is 27.4. The number of anilines is 4. The first-order valence-electron chi connectivity index (χ1n) is 12.0. The van der Waals surface area contributed by atoms with Gasteiger partial charge in [-0.1, -0.05) is 11.6 Å². The number of carboxylic acid groups (broad SMARTS) is 1. The third-order valence-electron chi connectivity index (χ3n) is 6.31. The summed E-state index contributed by atoms with van der Waals surface area (Å²) in [6, 6.07) is 6.40. The van der Waals surface area contributed by atoms with Crippen molar-refractivity contribution in [2.45, 2.75) is 37.5 Å². The number of phosphoric acid groups is 1. The number of halogens is 1. The molecule has 6 N–H and O–H groups in total.